The summed E-state index contributed by atoms with van der Waals surface area (Å²) in [5.41, 5.74) is 1.42. The molecule has 5 nitrogen and oxygen atoms in total. The molecule has 2 N–H and O–H groups in total. The maximum Gasteiger partial charge on any atom is 0.141 e. The SMILES string of the molecule is C[C@]12CCC(=NO[C@@H]3CCNC3)CC1C[C@@H](CO)[C@@H]1[C@@H]2CC[C@]2(C)C(=O)CC[C@@H]12. The lowest BCUT2D eigenvalue weighted by Gasteiger charge is -2.61. The van der Waals surface area contributed by atoms with Gasteiger partial charge in [-0.05, 0) is 86.5 Å². The quantitative estimate of drug-likeness (QED) is 0.708. The minimum atomic E-state index is -0.123. The van der Waals surface area contributed by atoms with Crippen molar-refractivity contribution in [2.45, 2.75) is 77.7 Å². The standard InChI is InChI=1S/C24H38N2O3/c1-23-8-5-17(26-29-18-7-10-25-13-18)12-16(23)11-15(14-27)22-19-3-4-21(28)24(19,2)9-6-20(22)23/h15-16,18-20,22,25,27H,3-14H2,1-2H3/t15-,16?,18+,19-,20-,22-,23-,24-/m0/s1. The molecule has 8 atom stereocenters. The molecule has 0 spiro atoms. The van der Waals surface area contributed by atoms with E-state index < -0.39 is 0 Å². The first-order valence-electron chi connectivity index (χ1n) is 12.0. The van der Waals surface area contributed by atoms with Crippen LogP contribution in [0.4, 0.5) is 0 Å². The highest BCUT2D eigenvalue weighted by atomic mass is 16.6. The maximum atomic E-state index is 12.7. The second kappa shape index (κ2) is 7.33. The molecule has 162 valence electrons. The lowest BCUT2D eigenvalue weighted by atomic mass is 9.43. The Hall–Kier alpha value is -0.940. The molecule has 1 aliphatic heterocycles. The number of nitrogens with zero attached hydrogens (tertiary/aromatic N) is 1. The summed E-state index contributed by atoms with van der Waals surface area (Å²) in [5, 5.41) is 18.3. The van der Waals surface area contributed by atoms with Crippen molar-refractivity contribution in [3.63, 3.8) is 0 Å². The van der Waals surface area contributed by atoms with Crippen molar-refractivity contribution in [2.75, 3.05) is 19.7 Å². The Labute approximate surface area is 175 Å². The molecule has 4 saturated carbocycles. The van der Waals surface area contributed by atoms with E-state index in [9.17, 15) is 9.90 Å². The van der Waals surface area contributed by atoms with Crippen molar-refractivity contribution in [3.8, 4) is 0 Å². The van der Waals surface area contributed by atoms with Crippen molar-refractivity contribution in [2.24, 2.45) is 45.6 Å². The highest BCUT2D eigenvalue weighted by Crippen LogP contribution is 2.66. The van der Waals surface area contributed by atoms with E-state index >= 15 is 0 Å². The van der Waals surface area contributed by atoms with Gasteiger partial charge in [-0.1, -0.05) is 19.0 Å². The maximum absolute atomic E-state index is 12.7. The molecule has 0 bridgehead atoms. The number of carbonyl (C=O) groups is 1. The summed E-state index contributed by atoms with van der Waals surface area (Å²) in [6.07, 6.45) is 9.62. The fourth-order valence-electron chi connectivity index (χ4n) is 8.14. The summed E-state index contributed by atoms with van der Waals surface area (Å²) >= 11 is 0. The zero-order chi connectivity index (χ0) is 20.2. The third-order valence-electron chi connectivity index (χ3n) is 9.97. The number of hydrogen-bond donors (Lipinski definition) is 2. The highest BCUT2D eigenvalue weighted by Gasteiger charge is 2.62. The van der Waals surface area contributed by atoms with Crippen molar-refractivity contribution in [3.05, 3.63) is 0 Å². The van der Waals surface area contributed by atoms with Crippen molar-refractivity contribution in [1.29, 1.82) is 0 Å². The van der Waals surface area contributed by atoms with E-state index in [4.69, 9.17) is 4.84 Å². The molecule has 5 heteroatoms. The summed E-state index contributed by atoms with van der Waals surface area (Å²) in [4.78, 5) is 18.5. The Bertz CT molecular complexity index is 688. The Morgan fingerprint density at radius 2 is 2.03 bits per heavy atom. The molecule has 5 aliphatic rings. The number of Topliss-reactive ketones (excluding diaryl/α,β-unsaturated/α-hetero) is 1. The fraction of sp³-hybridized carbons (Fsp3) is 0.917. The first-order chi connectivity index (χ1) is 14.0. The van der Waals surface area contributed by atoms with Crippen LogP contribution < -0.4 is 5.32 Å². The average Bonchev–Trinajstić information content (AvgIpc) is 3.34. The van der Waals surface area contributed by atoms with Gasteiger partial charge in [-0.3, -0.25) is 4.79 Å². The highest BCUT2D eigenvalue weighted by molar-refractivity contribution is 5.87. The van der Waals surface area contributed by atoms with Gasteiger partial charge in [-0.2, -0.15) is 0 Å². The second-order valence-electron chi connectivity index (χ2n) is 11.2. The van der Waals surface area contributed by atoms with Gasteiger partial charge >= 0.3 is 0 Å². The van der Waals surface area contributed by atoms with E-state index in [0.29, 0.717) is 40.8 Å². The number of fused-ring (bicyclic) bond motifs is 5. The van der Waals surface area contributed by atoms with E-state index in [1.165, 1.54) is 12.1 Å². The normalized spacial score (nSPS) is 50.9. The van der Waals surface area contributed by atoms with Crippen LogP contribution in [0.25, 0.3) is 0 Å². The van der Waals surface area contributed by atoms with E-state index in [2.05, 4.69) is 24.3 Å². The van der Waals surface area contributed by atoms with Gasteiger partial charge in [-0.15, -0.1) is 0 Å². The van der Waals surface area contributed by atoms with Crippen molar-refractivity contribution < 1.29 is 14.7 Å². The summed E-state index contributed by atoms with van der Waals surface area (Å²) in [5.74, 6) is 3.06. The number of aliphatic hydroxyl groups is 1. The molecular weight excluding hydrogens is 364 g/mol. The lowest BCUT2D eigenvalue weighted by Crippen LogP contribution is -2.57. The van der Waals surface area contributed by atoms with Gasteiger partial charge in [0, 0.05) is 31.4 Å². The molecule has 1 unspecified atom stereocenters. The van der Waals surface area contributed by atoms with Crippen LogP contribution in [-0.2, 0) is 9.63 Å². The van der Waals surface area contributed by atoms with Crippen LogP contribution in [0.2, 0.25) is 0 Å². The van der Waals surface area contributed by atoms with E-state index in [1.807, 2.05) is 0 Å². The topological polar surface area (TPSA) is 70.9 Å². The Morgan fingerprint density at radius 1 is 1.17 bits per heavy atom. The number of carbonyl (C=O) groups excluding carboxylic acids is 1. The van der Waals surface area contributed by atoms with Gasteiger partial charge in [0.25, 0.3) is 0 Å². The number of oxime groups is 1. The smallest absolute Gasteiger partial charge is 0.141 e. The van der Waals surface area contributed by atoms with E-state index in [-0.39, 0.29) is 18.1 Å². The molecule has 5 rings (SSSR count). The van der Waals surface area contributed by atoms with Crippen LogP contribution in [0.15, 0.2) is 5.16 Å². The summed E-state index contributed by atoms with van der Waals surface area (Å²) < 4.78 is 0. The number of nitrogens with one attached hydrogen (secondary N) is 1. The zero-order valence-electron chi connectivity index (χ0n) is 18.2. The molecule has 5 fully saturated rings. The lowest BCUT2D eigenvalue weighted by molar-refractivity contribution is -0.148. The number of rotatable bonds is 3. The Balaban J connectivity index is 1.36. The van der Waals surface area contributed by atoms with Crippen molar-refractivity contribution in [1.82, 2.24) is 5.32 Å². The van der Waals surface area contributed by atoms with Crippen LogP contribution in [0.1, 0.15) is 71.6 Å². The largest absolute Gasteiger partial charge is 0.396 e. The number of ketones is 1. The summed E-state index contributed by atoms with van der Waals surface area (Å²) in [6, 6.07) is 0. The molecule has 0 aromatic heterocycles. The average molecular weight is 403 g/mol. The number of aliphatic hydroxyl groups excluding tert-OH is 1. The van der Waals surface area contributed by atoms with Crippen LogP contribution in [0.5, 0.6) is 0 Å². The first kappa shape index (κ1) is 20.0. The third-order valence-corrected chi connectivity index (χ3v) is 9.97. The molecular formula is C24H38N2O3. The molecule has 29 heavy (non-hydrogen) atoms. The first-order valence-corrected chi connectivity index (χ1v) is 12.0. The fourth-order valence-corrected chi connectivity index (χ4v) is 8.14. The number of hydrogen-bond acceptors (Lipinski definition) is 5. The third kappa shape index (κ3) is 3.10. The molecule has 0 aromatic carbocycles. The van der Waals surface area contributed by atoms with E-state index in [1.54, 1.807) is 0 Å². The Kier molecular flexibility index (Phi) is 5.05. The van der Waals surface area contributed by atoms with Crippen LogP contribution in [-0.4, -0.2) is 42.4 Å². The minimum Gasteiger partial charge on any atom is -0.396 e. The molecule has 1 heterocycles. The predicted molar refractivity (Wildman–Crippen MR) is 112 cm³/mol. The van der Waals surface area contributed by atoms with Gasteiger partial charge in [0.05, 0.1) is 5.71 Å². The monoisotopic (exact) mass is 402 g/mol. The summed E-state index contributed by atoms with van der Waals surface area (Å²) in [7, 11) is 0. The molecule has 1 saturated heterocycles. The molecule has 4 aliphatic carbocycles. The van der Waals surface area contributed by atoms with Crippen LogP contribution in [0.3, 0.4) is 0 Å². The molecule has 0 radical (unpaired) electrons. The predicted octanol–water partition coefficient (Wildman–Crippen LogP) is 3.55. The molecule has 0 aromatic rings. The van der Waals surface area contributed by atoms with Crippen molar-refractivity contribution >= 4 is 11.5 Å². The van der Waals surface area contributed by atoms with Crippen LogP contribution >= 0.6 is 0 Å². The zero-order valence-corrected chi connectivity index (χ0v) is 18.2. The van der Waals surface area contributed by atoms with Gasteiger partial charge in [-0.25, -0.2) is 0 Å². The summed E-state index contributed by atoms with van der Waals surface area (Å²) in [6.45, 7) is 6.95. The van der Waals surface area contributed by atoms with Gasteiger partial charge < -0.3 is 15.3 Å². The van der Waals surface area contributed by atoms with E-state index in [0.717, 1.165) is 64.5 Å². The van der Waals surface area contributed by atoms with Crippen LogP contribution in [0, 0.1) is 40.4 Å². The molecule has 0 amide bonds. The second-order valence-corrected chi connectivity index (χ2v) is 11.2. The van der Waals surface area contributed by atoms with Gasteiger partial charge in [0.1, 0.15) is 11.9 Å². The van der Waals surface area contributed by atoms with Gasteiger partial charge in [0.2, 0.25) is 0 Å². The minimum absolute atomic E-state index is 0.123. The Morgan fingerprint density at radius 3 is 2.79 bits per heavy atom. The van der Waals surface area contributed by atoms with Gasteiger partial charge in [0.15, 0.2) is 0 Å².